The van der Waals surface area contributed by atoms with Gasteiger partial charge in [0, 0.05) is 37.5 Å². The molecule has 3 heterocycles. The van der Waals surface area contributed by atoms with Gasteiger partial charge >= 0.3 is 12.2 Å². The van der Waals surface area contributed by atoms with E-state index in [9.17, 15) is 36.8 Å². The van der Waals surface area contributed by atoms with Crippen molar-refractivity contribution in [2.24, 2.45) is 5.92 Å². The molecule has 5 atom stereocenters. The van der Waals surface area contributed by atoms with Crippen LogP contribution < -0.4 is 15.4 Å². The van der Waals surface area contributed by atoms with Gasteiger partial charge in [-0.05, 0) is 58.1 Å². The third kappa shape index (κ3) is 8.29. The Hall–Kier alpha value is -4.25. The van der Waals surface area contributed by atoms with Gasteiger partial charge in [0.1, 0.15) is 35.1 Å². The van der Waals surface area contributed by atoms with Crippen LogP contribution in [0.1, 0.15) is 70.4 Å². The molecule has 1 aromatic carbocycles. The van der Waals surface area contributed by atoms with Crippen LogP contribution in [0, 0.1) is 11.7 Å². The standard InChI is InChI=1S/C34H44FN5O10S/c1-33(2,3)50-31(44)36-26-12-14-48-13-5-4-8-21-16-34(21,30(43)38-51(46,47)23-10-11-23)37-28(41)27-15-22(18-40(27)29(26)42)49-32(45)39-17-20-7-6-9-25(35)24(20)19-39/h4,6-9,21-23,26-27H,5,10-19H2,1-3H3,(H,36,44)(H,37,41)(H,38,43)/t21-,22-,26-,27+,34-/m1/s1. The Bertz CT molecular complexity index is 1730. The lowest BCUT2D eigenvalue weighted by Gasteiger charge is -2.30. The number of fused-ring (bicyclic) bond motifs is 3. The summed E-state index contributed by atoms with van der Waals surface area (Å²) in [6.07, 6.45) is 2.19. The normalized spacial score (nSPS) is 28.3. The average molecular weight is 734 g/mol. The summed E-state index contributed by atoms with van der Waals surface area (Å²) < 4.78 is 58.9. The topological polar surface area (TPSA) is 190 Å². The van der Waals surface area contributed by atoms with Gasteiger partial charge in [-0.3, -0.25) is 24.0 Å². The van der Waals surface area contributed by atoms with E-state index in [2.05, 4.69) is 15.4 Å². The molecule has 0 radical (unpaired) electrons. The first-order valence-electron chi connectivity index (χ1n) is 17.2. The Labute approximate surface area is 295 Å². The summed E-state index contributed by atoms with van der Waals surface area (Å²) in [7, 11) is -3.94. The number of hydrogen-bond acceptors (Lipinski definition) is 10. The third-order valence-electron chi connectivity index (χ3n) is 9.60. The minimum Gasteiger partial charge on any atom is -0.444 e. The number of ether oxygens (including phenoxy) is 3. The van der Waals surface area contributed by atoms with Crippen LogP contribution in [0.15, 0.2) is 30.4 Å². The highest BCUT2D eigenvalue weighted by Crippen LogP contribution is 2.46. The molecule has 0 aromatic heterocycles. The van der Waals surface area contributed by atoms with Crippen LogP contribution in [0.3, 0.4) is 0 Å². The smallest absolute Gasteiger partial charge is 0.410 e. The highest BCUT2D eigenvalue weighted by Gasteiger charge is 2.62. The van der Waals surface area contributed by atoms with Gasteiger partial charge < -0.3 is 29.7 Å². The van der Waals surface area contributed by atoms with Crippen molar-refractivity contribution in [1.29, 1.82) is 0 Å². The number of sulfonamides is 1. The molecule has 3 fully saturated rings. The van der Waals surface area contributed by atoms with Crippen LogP contribution in [-0.2, 0) is 51.7 Å². The van der Waals surface area contributed by atoms with Crippen molar-refractivity contribution in [2.45, 2.75) is 107 Å². The number of rotatable bonds is 5. The molecule has 3 aliphatic heterocycles. The minimum absolute atomic E-state index is 0.0156. The van der Waals surface area contributed by atoms with Crippen LogP contribution >= 0.6 is 0 Å². The van der Waals surface area contributed by atoms with Gasteiger partial charge in [0.15, 0.2) is 0 Å². The molecule has 0 spiro atoms. The van der Waals surface area contributed by atoms with Crippen molar-refractivity contribution in [3.63, 3.8) is 0 Å². The van der Waals surface area contributed by atoms with E-state index in [0.29, 0.717) is 30.4 Å². The van der Waals surface area contributed by atoms with Crippen LogP contribution in [0.2, 0.25) is 0 Å². The van der Waals surface area contributed by atoms with E-state index >= 15 is 0 Å². The molecular formula is C34H44FN5O10S. The van der Waals surface area contributed by atoms with Gasteiger partial charge in [0.2, 0.25) is 21.8 Å². The molecule has 51 heavy (non-hydrogen) atoms. The number of nitrogens with one attached hydrogen (secondary N) is 3. The number of nitrogens with zero attached hydrogens (tertiary/aromatic N) is 2. The Morgan fingerprint density at radius 3 is 2.57 bits per heavy atom. The monoisotopic (exact) mass is 733 g/mol. The highest BCUT2D eigenvalue weighted by atomic mass is 32.2. The summed E-state index contributed by atoms with van der Waals surface area (Å²) >= 11 is 0. The Balaban J connectivity index is 1.25. The first-order valence-corrected chi connectivity index (χ1v) is 18.8. The summed E-state index contributed by atoms with van der Waals surface area (Å²) in [6, 6.07) is 2.10. The highest BCUT2D eigenvalue weighted by molar-refractivity contribution is 7.91. The Morgan fingerprint density at radius 1 is 1.10 bits per heavy atom. The van der Waals surface area contributed by atoms with E-state index in [0.717, 1.165) is 0 Å². The van der Waals surface area contributed by atoms with Crippen LogP contribution in [0.4, 0.5) is 14.0 Å². The lowest BCUT2D eigenvalue weighted by Crippen LogP contribution is -2.58. The summed E-state index contributed by atoms with van der Waals surface area (Å²) in [4.78, 5) is 70.5. The van der Waals surface area contributed by atoms with E-state index in [1.165, 1.54) is 15.9 Å². The van der Waals surface area contributed by atoms with Crippen LogP contribution in [0.25, 0.3) is 0 Å². The van der Waals surface area contributed by atoms with Gasteiger partial charge in [0.05, 0.1) is 24.9 Å². The van der Waals surface area contributed by atoms with E-state index in [1.54, 1.807) is 45.1 Å². The molecule has 0 unspecified atom stereocenters. The molecule has 5 aliphatic rings. The third-order valence-corrected chi connectivity index (χ3v) is 11.4. The molecule has 2 saturated carbocycles. The summed E-state index contributed by atoms with van der Waals surface area (Å²) in [5, 5.41) is 4.66. The number of alkyl carbamates (subject to hydrolysis) is 1. The largest absolute Gasteiger partial charge is 0.444 e. The number of hydrogen-bond donors (Lipinski definition) is 3. The first-order chi connectivity index (χ1) is 24.1. The number of carbonyl (C=O) groups is 5. The molecule has 2 aliphatic carbocycles. The van der Waals surface area contributed by atoms with E-state index in [4.69, 9.17) is 14.2 Å². The maximum absolute atomic E-state index is 14.4. The number of halogens is 1. The predicted molar refractivity (Wildman–Crippen MR) is 177 cm³/mol. The Morgan fingerprint density at radius 2 is 1.86 bits per heavy atom. The molecule has 278 valence electrons. The average Bonchev–Trinajstić information content (AvgIpc) is 3.93. The van der Waals surface area contributed by atoms with Crippen molar-refractivity contribution in [2.75, 3.05) is 19.8 Å². The molecular weight excluding hydrogens is 689 g/mol. The second-order valence-electron chi connectivity index (χ2n) is 14.7. The molecule has 1 saturated heterocycles. The van der Waals surface area contributed by atoms with Gasteiger partial charge in [-0.1, -0.05) is 24.3 Å². The molecule has 17 heteroatoms. The SMILES string of the molecule is CC(C)(C)OC(=O)N[C@@H]1CCOCCC=C[C@@H]2C[C@@]2(C(=O)NS(=O)(=O)C2CC2)NC(=O)[C@@H]2C[C@@H](OC(=O)N3Cc4cccc(F)c4C3)CN2C1=O. The van der Waals surface area contributed by atoms with Crippen LogP contribution in [-0.4, -0.2) is 102 Å². The van der Waals surface area contributed by atoms with Crippen molar-refractivity contribution in [3.8, 4) is 0 Å². The molecule has 0 bridgehead atoms. The van der Waals surface area contributed by atoms with Crippen molar-refractivity contribution < 1.29 is 51.0 Å². The quantitative estimate of drug-likeness (QED) is 0.378. The first kappa shape index (κ1) is 36.5. The lowest BCUT2D eigenvalue weighted by molar-refractivity contribution is -0.141. The van der Waals surface area contributed by atoms with E-state index in [-0.39, 0.29) is 52.1 Å². The summed E-state index contributed by atoms with van der Waals surface area (Å²) in [6.45, 7) is 5.20. The van der Waals surface area contributed by atoms with E-state index < -0.39 is 86.2 Å². The van der Waals surface area contributed by atoms with Gasteiger partial charge in [0.25, 0.3) is 5.91 Å². The Kier molecular flexibility index (Phi) is 10.1. The number of benzene rings is 1. The fourth-order valence-corrected chi connectivity index (χ4v) is 8.06. The van der Waals surface area contributed by atoms with Crippen molar-refractivity contribution >= 4 is 39.9 Å². The maximum Gasteiger partial charge on any atom is 0.410 e. The van der Waals surface area contributed by atoms with Crippen molar-refractivity contribution in [3.05, 3.63) is 47.3 Å². The molecule has 3 N–H and O–H groups in total. The zero-order valence-electron chi connectivity index (χ0n) is 28.8. The minimum atomic E-state index is -3.94. The van der Waals surface area contributed by atoms with Crippen LogP contribution in [0.5, 0.6) is 0 Å². The number of amides is 5. The number of carbonyl (C=O) groups excluding carboxylic acids is 5. The van der Waals surface area contributed by atoms with Gasteiger partial charge in [-0.2, -0.15) is 0 Å². The molecule has 5 amide bonds. The summed E-state index contributed by atoms with van der Waals surface area (Å²) in [5.41, 5.74) is -1.45. The second kappa shape index (κ2) is 14.1. The fraction of sp³-hybridized carbons (Fsp3) is 0.618. The van der Waals surface area contributed by atoms with E-state index in [1.807, 2.05) is 0 Å². The molecule has 1 aromatic rings. The van der Waals surface area contributed by atoms with Gasteiger partial charge in [-0.25, -0.2) is 22.4 Å². The summed E-state index contributed by atoms with van der Waals surface area (Å²) in [5.74, 6) is -3.27. The van der Waals surface area contributed by atoms with Crippen molar-refractivity contribution in [1.82, 2.24) is 25.2 Å². The zero-order valence-corrected chi connectivity index (χ0v) is 29.6. The molecule has 15 nitrogen and oxygen atoms in total. The second-order valence-corrected chi connectivity index (χ2v) is 16.7. The maximum atomic E-state index is 14.4. The molecule has 6 rings (SSSR count). The fourth-order valence-electron chi connectivity index (χ4n) is 6.69. The predicted octanol–water partition coefficient (Wildman–Crippen LogP) is 1.99. The lowest BCUT2D eigenvalue weighted by atomic mass is 10.1. The van der Waals surface area contributed by atoms with Gasteiger partial charge in [-0.15, -0.1) is 0 Å². The zero-order chi connectivity index (χ0) is 36.7.